The molecule has 1 rings (SSSR count). The molecule has 3 heteroatoms. The lowest BCUT2D eigenvalue weighted by atomic mass is 10.0. The van der Waals surface area contributed by atoms with E-state index in [4.69, 9.17) is 5.11 Å². The molecule has 1 unspecified atom stereocenters. The summed E-state index contributed by atoms with van der Waals surface area (Å²) in [6, 6.07) is 9.86. The highest BCUT2D eigenvalue weighted by Crippen LogP contribution is 2.23. The zero-order chi connectivity index (χ0) is 13.4. The fourth-order valence-electron chi connectivity index (χ4n) is 2.06. The fraction of sp³-hybridized carbons (Fsp3) is 0.533. The van der Waals surface area contributed by atoms with Crippen LogP contribution in [0, 0.1) is 0 Å². The highest BCUT2D eigenvalue weighted by Gasteiger charge is 2.20. The number of carbonyl (C=O) groups is 1. The molecule has 0 aromatic heterocycles. The van der Waals surface area contributed by atoms with Crippen molar-refractivity contribution in [3.8, 4) is 0 Å². The van der Waals surface area contributed by atoms with Crippen LogP contribution in [0.15, 0.2) is 30.3 Å². The Balaban J connectivity index is 2.75. The molecule has 0 spiro atoms. The van der Waals surface area contributed by atoms with Gasteiger partial charge in [0.2, 0.25) is 5.91 Å². The highest BCUT2D eigenvalue weighted by atomic mass is 16.3. The van der Waals surface area contributed by atoms with Gasteiger partial charge in [0.05, 0.1) is 6.04 Å². The van der Waals surface area contributed by atoms with Gasteiger partial charge in [-0.25, -0.2) is 0 Å². The van der Waals surface area contributed by atoms with E-state index in [1.54, 1.807) is 4.90 Å². The lowest BCUT2D eigenvalue weighted by Crippen LogP contribution is -2.31. The second-order valence-corrected chi connectivity index (χ2v) is 4.55. The van der Waals surface area contributed by atoms with Crippen LogP contribution in [-0.4, -0.2) is 29.6 Å². The van der Waals surface area contributed by atoms with Crippen molar-refractivity contribution in [2.75, 3.05) is 13.7 Å². The molecule has 1 N–H and O–H groups in total. The van der Waals surface area contributed by atoms with Crippen LogP contribution >= 0.6 is 0 Å². The summed E-state index contributed by atoms with van der Waals surface area (Å²) in [5.41, 5.74) is 1.08. The molecular weight excluding hydrogens is 226 g/mol. The van der Waals surface area contributed by atoms with Crippen molar-refractivity contribution in [1.29, 1.82) is 0 Å². The summed E-state index contributed by atoms with van der Waals surface area (Å²) in [6.45, 7) is 2.17. The molecule has 0 aliphatic heterocycles. The molecule has 0 bridgehead atoms. The van der Waals surface area contributed by atoms with E-state index in [2.05, 4.69) is 6.92 Å². The molecule has 3 nitrogen and oxygen atoms in total. The Hall–Kier alpha value is -1.35. The first-order chi connectivity index (χ1) is 8.70. The summed E-state index contributed by atoms with van der Waals surface area (Å²) < 4.78 is 0. The number of carbonyl (C=O) groups excluding carboxylic acids is 1. The van der Waals surface area contributed by atoms with Crippen LogP contribution < -0.4 is 0 Å². The Labute approximate surface area is 109 Å². The van der Waals surface area contributed by atoms with Gasteiger partial charge in [-0.1, -0.05) is 43.7 Å². The maximum Gasteiger partial charge on any atom is 0.222 e. The maximum atomic E-state index is 12.0. The molecule has 0 saturated heterocycles. The zero-order valence-electron chi connectivity index (χ0n) is 11.3. The molecule has 1 atom stereocenters. The molecule has 1 aromatic rings. The van der Waals surface area contributed by atoms with Crippen LogP contribution in [0.1, 0.15) is 44.2 Å². The molecule has 0 radical (unpaired) electrons. The van der Waals surface area contributed by atoms with Gasteiger partial charge in [0.15, 0.2) is 0 Å². The van der Waals surface area contributed by atoms with Gasteiger partial charge in [0.25, 0.3) is 0 Å². The monoisotopic (exact) mass is 249 g/mol. The van der Waals surface area contributed by atoms with E-state index < -0.39 is 0 Å². The maximum absolute atomic E-state index is 12.0. The average Bonchev–Trinajstić information content (AvgIpc) is 2.42. The largest absolute Gasteiger partial charge is 0.396 e. The van der Waals surface area contributed by atoms with Crippen molar-refractivity contribution in [3.05, 3.63) is 35.9 Å². The van der Waals surface area contributed by atoms with Crippen LogP contribution in [0.25, 0.3) is 0 Å². The molecule has 0 heterocycles. The van der Waals surface area contributed by atoms with Crippen molar-refractivity contribution in [3.63, 3.8) is 0 Å². The third-order valence-corrected chi connectivity index (χ3v) is 3.19. The fourth-order valence-corrected chi connectivity index (χ4v) is 2.06. The Morgan fingerprint density at radius 1 is 1.33 bits per heavy atom. The second kappa shape index (κ2) is 7.88. The van der Waals surface area contributed by atoms with Gasteiger partial charge in [-0.3, -0.25) is 4.79 Å². The minimum absolute atomic E-state index is 0.0273. The Kier molecular flexibility index (Phi) is 6.44. The summed E-state index contributed by atoms with van der Waals surface area (Å²) in [6.07, 6.45) is 3.11. The van der Waals surface area contributed by atoms with Gasteiger partial charge in [0.1, 0.15) is 0 Å². The van der Waals surface area contributed by atoms with Gasteiger partial charge in [-0.15, -0.1) is 0 Å². The number of hydrogen-bond acceptors (Lipinski definition) is 2. The average molecular weight is 249 g/mol. The molecule has 18 heavy (non-hydrogen) atoms. The minimum Gasteiger partial charge on any atom is -0.396 e. The van der Waals surface area contributed by atoms with E-state index in [9.17, 15) is 4.79 Å². The van der Waals surface area contributed by atoms with Crippen molar-refractivity contribution >= 4 is 5.91 Å². The number of rotatable bonds is 7. The normalized spacial score (nSPS) is 12.2. The van der Waals surface area contributed by atoms with Crippen LogP contribution in [0.3, 0.4) is 0 Å². The molecule has 0 saturated carbocycles. The summed E-state index contributed by atoms with van der Waals surface area (Å²) in [5.74, 6) is 0.152. The van der Waals surface area contributed by atoms with Crippen molar-refractivity contribution in [1.82, 2.24) is 4.90 Å². The van der Waals surface area contributed by atoms with Crippen LogP contribution in [0.5, 0.6) is 0 Å². The quantitative estimate of drug-likeness (QED) is 0.807. The van der Waals surface area contributed by atoms with E-state index in [1.807, 2.05) is 37.4 Å². The van der Waals surface area contributed by atoms with Gasteiger partial charge in [0, 0.05) is 20.1 Å². The summed E-state index contributed by atoms with van der Waals surface area (Å²) in [7, 11) is 1.82. The number of hydrogen-bond donors (Lipinski definition) is 1. The van der Waals surface area contributed by atoms with Crippen molar-refractivity contribution < 1.29 is 9.90 Å². The lowest BCUT2D eigenvalue weighted by molar-refractivity contribution is -0.132. The summed E-state index contributed by atoms with van der Waals surface area (Å²) >= 11 is 0. The number of unbranched alkanes of at least 4 members (excludes halogenated alkanes) is 1. The Morgan fingerprint density at radius 3 is 2.56 bits per heavy atom. The topological polar surface area (TPSA) is 40.5 Å². The lowest BCUT2D eigenvalue weighted by Gasteiger charge is -2.28. The van der Waals surface area contributed by atoms with Crippen molar-refractivity contribution in [2.45, 2.75) is 38.6 Å². The molecule has 0 fully saturated rings. The third kappa shape index (κ3) is 4.15. The third-order valence-electron chi connectivity index (χ3n) is 3.19. The highest BCUT2D eigenvalue weighted by molar-refractivity contribution is 5.76. The first-order valence-corrected chi connectivity index (χ1v) is 6.62. The first kappa shape index (κ1) is 14.7. The second-order valence-electron chi connectivity index (χ2n) is 4.55. The van der Waals surface area contributed by atoms with E-state index in [0.717, 1.165) is 18.4 Å². The van der Waals surface area contributed by atoms with Crippen molar-refractivity contribution in [2.24, 2.45) is 0 Å². The van der Waals surface area contributed by atoms with Gasteiger partial charge in [-0.05, 0) is 18.4 Å². The predicted octanol–water partition coefficient (Wildman–Crippen LogP) is 2.76. The van der Waals surface area contributed by atoms with E-state index >= 15 is 0 Å². The number of aliphatic hydroxyl groups is 1. The number of amides is 1. The first-order valence-electron chi connectivity index (χ1n) is 6.62. The standard InChI is InChI=1S/C15H23NO2/c1-3-4-10-15(18)16(2)14(11-12-17)13-8-6-5-7-9-13/h5-9,14,17H,3-4,10-12H2,1-2H3. The van der Waals surface area contributed by atoms with Gasteiger partial charge >= 0.3 is 0 Å². The van der Waals surface area contributed by atoms with E-state index in [0.29, 0.717) is 12.8 Å². The van der Waals surface area contributed by atoms with E-state index in [1.165, 1.54) is 0 Å². The molecule has 1 amide bonds. The molecule has 0 aliphatic rings. The Morgan fingerprint density at radius 2 is 2.00 bits per heavy atom. The number of nitrogens with zero attached hydrogens (tertiary/aromatic N) is 1. The van der Waals surface area contributed by atoms with E-state index in [-0.39, 0.29) is 18.6 Å². The number of benzene rings is 1. The minimum atomic E-state index is -0.0273. The summed E-state index contributed by atoms with van der Waals surface area (Å²) in [5, 5.41) is 9.17. The van der Waals surface area contributed by atoms with Crippen LogP contribution in [0.2, 0.25) is 0 Å². The van der Waals surface area contributed by atoms with Gasteiger partial charge in [-0.2, -0.15) is 0 Å². The molecule has 0 aliphatic carbocycles. The predicted molar refractivity (Wildman–Crippen MR) is 73.2 cm³/mol. The zero-order valence-corrected chi connectivity index (χ0v) is 11.3. The summed E-state index contributed by atoms with van der Waals surface area (Å²) in [4.78, 5) is 13.8. The van der Waals surface area contributed by atoms with Crippen LogP contribution in [0.4, 0.5) is 0 Å². The molecule has 100 valence electrons. The number of aliphatic hydroxyl groups excluding tert-OH is 1. The SMILES string of the molecule is CCCCC(=O)N(C)C(CCO)c1ccccc1. The smallest absolute Gasteiger partial charge is 0.222 e. The molecular formula is C15H23NO2. The molecule has 1 aromatic carbocycles. The van der Waals surface area contributed by atoms with Gasteiger partial charge < -0.3 is 10.0 Å². The Bertz CT molecular complexity index is 351. The van der Waals surface area contributed by atoms with Crippen LogP contribution in [-0.2, 0) is 4.79 Å².